The fraction of sp³-hybridized carbons (Fsp3) is 0.304. The number of aromatic nitrogens is 1. The van der Waals surface area contributed by atoms with Gasteiger partial charge in [-0.3, -0.25) is 4.79 Å². The zero-order valence-electron chi connectivity index (χ0n) is 16.3. The molecule has 1 aliphatic heterocycles. The summed E-state index contributed by atoms with van der Waals surface area (Å²) in [4.78, 5) is 19.4. The van der Waals surface area contributed by atoms with Crippen LogP contribution in [-0.4, -0.2) is 23.2 Å². The van der Waals surface area contributed by atoms with E-state index in [2.05, 4.69) is 24.0 Å². The summed E-state index contributed by atoms with van der Waals surface area (Å²) in [6.07, 6.45) is 2.07. The van der Waals surface area contributed by atoms with Crippen LogP contribution < -0.4 is 4.90 Å². The summed E-state index contributed by atoms with van der Waals surface area (Å²) in [5.74, 6) is 2.75. The lowest BCUT2D eigenvalue weighted by Crippen LogP contribution is -2.36. The van der Waals surface area contributed by atoms with Crippen LogP contribution in [0.3, 0.4) is 0 Å². The fourth-order valence-corrected chi connectivity index (χ4v) is 4.49. The Balaban J connectivity index is 1.40. The third kappa shape index (κ3) is 3.85. The molecule has 0 bridgehead atoms. The molecule has 0 spiro atoms. The van der Waals surface area contributed by atoms with Crippen LogP contribution in [0.15, 0.2) is 52.9 Å². The molecule has 1 aliphatic rings. The first kappa shape index (κ1) is 18.8. The van der Waals surface area contributed by atoms with E-state index in [1.807, 2.05) is 48.2 Å². The van der Waals surface area contributed by atoms with Crippen molar-refractivity contribution in [1.29, 1.82) is 0 Å². The standard InChI is InChI=1S/C23H24N2O2S/c1-16-8-3-5-11-19(16)23-24-20(17(2)27-23)14-28-15-22(26)25-13-7-10-18-9-4-6-12-21(18)25/h3-6,8-9,11-12H,7,10,13-15H2,1-2H3. The van der Waals surface area contributed by atoms with Gasteiger partial charge in [-0.05, 0) is 49.9 Å². The largest absolute Gasteiger partial charge is 0.441 e. The molecule has 28 heavy (non-hydrogen) atoms. The van der Waals surface area contributed by atoms with E-state index in [9.17, 15) is 4.79 Å². The maximum absolute atomic E-state index is 12.8. The van der Waals surface area contributed by atoms with Crippen molar-refractivity contribution >= 4 is 23.4 Å². The summed E-state index contributed by atoms with van der Waals surface area (Å²) < 4.78 is 5.88. The molecular weight excluding hydrogens is 368 g/mol. The molecule has 2 aromatic carbocycles. The van der Waals surface area contributed by atoms with Gasteiger partial charge in [0, 0.05) is 23.5 Å². The number of amides is 1. The minimum absolute atomic E-state index is 0.164. The lowest BCUT2D eigenvalue weighted by Gasteiger charge is -2.29. The molecule has 3 aromatic rings. The van der Waals surface area contributed by atoms with Crippen molar-refractivity contribution in [2.45, 2.75) is 32.4 Å². The third-order valence-electron chi connectivity index (χ3n) is 5.14. The van der Waals surface area contributed by atoms with E-state index in [0.717, 1.165) is 47.7 Å². The van der Waals surface area contributed by atoms with Gasteiger partial charge in [0.25, 0.3) is 0 Å². The van der Waals surface area contributed by atoms with E-state index in [4.69, 9.17) is 4.42 Å². The second kappa shape index (κ2) is 8.23. The Kier molecular flexibility index (Phi) is 5.53. The second-order valence-electron chi connectivity index (χ2n) is 7.11. The number of hydrogen-bond acceptors (Lipinski definition) is 4. The highest BCUT2D eigenvalue weighted by Crippen LogP contribution is 2.29. The van der Waals surface area contributed by atoms with Gasteiger partial charge in [-0.15, -0.1) is 11.8 Å². The number of carbonyl (C=O) groups excluding carboxylic acids is 1. The Bertz CT molecular complexity index is 996. The Hall–Kier alpha value is -2.53. The predicted octanol–water partition coefficient (Wildman–Crippen LogP) is 5.17. The van der Waals surface area contributed by atoms with Gasteiger partial charge in [-0.25, -0.2) is 4.98 Å². The Morgan fingerprint density at radius 3 is 2.79 bits per heavy atom. The van der Waals surface area contributed by atoms with Gasteiger partial charge < -0.3 is 9.32 Å². The monoisotopic (exact) mass is 392 g/mol. The van der Waals surface area contributed by atoms with Gasteiger partial charge >= 0.3 is 0 Å². The van der Waals surface area contributed by atoms with Crippen LogP contribution in [0.5, 0.6) is 0 Å². The van der Waals surface area contributed by atoms with Crippen molar-refractivity contribution in [2.24, 2.45) is 0 Å². The molecule has 0 aliphatic carbocycles. The number of nitrogens with zero attached hydrogens (tertiary/aromatic N) is 2. The zero-order chi connectivity index (χ0) is 19.5. The van der Waals surface area contributed by atoms with Crippen LogP contribution >= 0.6 is 11.8 Å². The van der Waals surface area contributed by atoms with Crippen LogP contribution in [-0.2, 0) is 17.0 Å². The van der Waals surface area contributed by atoms with Gasteiger partial charge in [0.1, 0.15) is 5.76 Å². The number of para-hydroxylation sites is 1. The summed E-state index contributed by atoms with van der Waals surface area (Å²) in [5, 5.41) is 0. The molecule has 4 rings (SSSR count). The smallest absolute Gasteiger partial charge is 0.236 e. The van der Waals surface area contributed by atoms with E-state index in [1.54, 1.807) is 11.8 Å². The summed E-state index contributed by atoms with van der Waals surface area (Å²) in [6, 6.07) is 16.3. The molecule has 0 saturated carbocycles. The lowest BCUT2D eigenvalue weighted by molar-refractivity contribution is -0.116. The molecule has 1 aromatic heterocycles. The van der Waals surface area contributed by atoms with Crippen LogP contribution in [0.25, 0.3) is 11.5 Å². The van der Waals surface area contributed by atoms with Crippen molar-refractivity contribution < 1.29 is 9.21 Å². The number of thioether (sulfide) groups is 1. The molecule has 0 radical (unpaired) electrons. The van der Waals surface area contributed by atoms with Gasteiger partial charge in [0.05, 0.1) is 11.4 Å². The normalized spacial score (nSPS) is 13.4. The van der Waals surface area contributed by atoms with Gasteiger partial charge in [0.2, 0.25) is 11.8 Å². The van der Waals surface area contributed by atoms with E-state index in [-0.39, 0.29) is 5.91 Å². The average Bonchev–Trinajstić information content (AvgIpc) is 3.08. The Labute approximate surface area is 170 Å². The highest BCUT2D eigenvalue weighted by Gasteiger charge is 2.22. The molecule has 0 unspecified atom stereocenters. The predicted molar refractivity (Wildman–Crippen MR) is 115 cm³/mol. The highest BCUT2D eigenvalue weighted by molar-refractivity contribution is 7.99. The highest BCUT2D eigenvalue weighted by atomic mass is 32.2. The molecular formula is C23H24N2O2S. The number of anilines is 1. The second-order valence-corrected chi connectivity index (χ2v) is 8.09. The summed E-state index contributed by atoms with van der Waals surface area (Å²) in [5.41, 5.74) is 5.40. The number of fused-ring (bicyclic) bond motifs is 1. The van der Waals surface area contributed by atoms with Crippen molar-refractivity contribution in [3.63, 3.8) is 0 Å². The molecule has 0 N–H and O–H groups in total. The van der Waals surface area contributed by atoms with E-state index < -0.39 is 0 Å². The van der Waals surface area contributed by atoms with Crippen LogP contribution in [0.2, 0.25) is 0 Å². The Morgan fingerprint density at radius 1 is 1.14 bits per heavy atom. The molecule has 4 nitrogen and oxygen atoms in total. The first-order chi connectivity index (χ1) is 13.6. The molecule has 0 saturated heterocycles. The number of rotatable bonds is 5. The van der Waals surface area contributed by atoms with Gasteiger partial charge in [-0.1, -0.05) is 36.4 Å². The minimum atomic E-state index is 0.164. The molecule has 1 amide bonds. The van der Waals surface area contributed by atoms with Crippen molar-refractivity contribution in [1.82, 2.24) is 4.98 Å². The van der Waals surface area contributed by atoms with Crippen LogP contribution in [0, 0.1) is 13.8 Å². The van der Waals surface area contributed by atoms with Gasteiger partial charge in [0.15, 0.2) is 0 Å². The van der Waals surface area contributed by atoms with Crippen molar-refractivity contribution in [2.75, 3.05) is 17.2 Å². The molecule has 144 valence electrons. The van der Waals surface area contributed by atoms with E-state index >= 15 is 0 Å². The van der Waals surface area contributed by atoms with E-state index in [0.29, 0.717) is 17.4 Å². The number of carbonyl (C=O) groups is 1. The Morgan fingerprint density at radius 2 is 1.93 bits per heavy atom. The average molecular weight is 393 g/mol. The molecule has 5 heteroatoms. The summed E-state index contributed by atoms with van der Waals surface area (Å²) >= 11 is 1.60. The maximum Gasteiger partial charge on any atom is 0.236 e. The topological polar surface area (TPSA) is 46.3 Å². The fourth-order valence-electron chi connectivity index (χ4n) is 3.60. The van der Waals surface area contributed by atoms with Crippen molar-refractivity contribution in [3.8, 4) is 11.5 Å². The van der Waals surface area contributed by atoms with Crippen LogP contribution in [0.4, 0.5) is 5.69 Å². The third-order valence-corrected chi connectivity index (χ3v) is 6.07. The first-order valence-corrected chi connectivity index (χ1v) is 10.8. The summed E-state index contributed by atoms with van der Waals surface area (Å²) in [7, 11) is 0. The maximum atomic E-state index is 12.8. The number of hydrogen-bond donors (Lipinski definition) is 0. The van der Waals surface area contributed by atoms with Gasteiger partial charge in [-0.2, -0.15) is 0 Å². The molecule has 2 heterocycles. The quantitative estimate of drug-likeness (QED) is 0.601. The minimum Gasteiger partial charge on any atom is -0.441 e. The van der Waals surface area contributed by atoms with E-state index in [1.165, 1.54) is 5.56 Å². The zero-order valence-corrected chi connectivity index (χ0v) is 17.1. The lowest BCUT2D eigenvalue weighted by atomic mass is 10.0. The summed E-state index contributed by atoms with van der Waals surface area (Å²) in [6.45, 7) is 4.79. The molecule has 0 fully saturated rings. The number of aryl methyl sites for hydroxylation is 3. The number of oxazole rings is 1. The first-order valence-electron chi connectivity index (χ1n) is 9.62. The SMILES string of the molecule is Cc1ccccc1-c1nc(CSCC(=O)N2CCCc3ccccc32)c(C)o1. The van der Waals surface area contributed by atoms with Crippen LogP contribution in [0.1, 0.15) is 29.0 Å². The molecule has 0 atom stereocenters. The number of benzene rings is 2. The van der Waals surface area contributed by atoms with Crippen molar-refractivity contribution in [3.05, 3.63) is 71.1 Å².